The van der Waals surface area contributed by atoms with E-state index in [1.54, 1.807) is 38.1 Å². The molecule has 1 aliphatic rings. The first-order valence-corrected chi connectivity index (χ1v) is 7.57. The minimum absolute atomic E-state index is 0.0630. The van der Waals surface area contributed by atoms with Gasteiger partial charge in [0.25, 0.3) is 0 Å². The number of nitrogens with zero attached hydrogens (tertiary/aromatic N) is 1. The second-order valence-electron chi connectivity index (χ2n) is 5.31. The number of fused-ring (bicyclic) bond motifs is 1. The highest BCUT2D eigenvalue weighted by Crippen LogP contribution is 2.32. The van der Waals surface area contributed by atoms with Crippen LogP contribution >= 0.6 is 11.6 Å². The van der Waals surface area contributed by atoms with Crippen molar-refractivity contribution in [3.05, 3.63) is 51.8 Å². The van der Waals surface area contributed by atoms with E-state index < -0.39 is 12.6 Å². The van der Waals surface area contributed by atoms with Crippen molar-refractivity contribution in [2.75, 3.05) is 13.4 Å². The molecule has 1 aromatic heterocycles. The minimum atomic E-state index is -0.681. The number of halogens is 1. The summed E-state index contributed by atoms with van der Waals surface area (Å²) in [5.74, 6) is 0.0417. The van der Waals surface area contributed by atoms with Crippen LogP contribution in [0.2, 0.25) is 5.15 Å². The predicted molar refractivity (Wildman–Crippen MR) is 85.9 cm³/mol. The van der Waals surface area contributed by atoms with Crippen LogP contribution < -0.4 is 9.47 Å². The zero-order valence-electron chi connectivity index (χ0n) is 13.1. The van der Waals surface area contributed by atoms with Crippen molar-refractivity contribution in [3.8, 4) is 11.5 Å². The van der Waals surface area contributed by atoms with Crippen molar-refractivity contribution >= 4 is 23.4 Å². The van der Waals surface area contributed by atoms with Crippen LogP contribution in [0.4, 0.5) is 0 Å². The molecule has 0 unspecified atom stereocenters. The first-order valence-electron chi connectivity index (χ1n) is 7.19. The van der Waals surface area contributed by atoms with Crippen LogP contribution in [0.5, 0.6) is 11.5 Å². The molecule has 0 radical (unpaired) electrons. The number of rotatable bonds is 4. The number of pyridine rings is 1. The van der Waals surface area contributed by atoms with E-state index in [1.165, 1.54) is 0 Å². The molecule has 0 aliphatic carbocycles. The number of hydrogen-bond donors (Lipinski definition) is 0. The van der Waals surface area contributed by atoms with E-state index in [2.05, 4.69) is 4.98 Å². The van der Waals surface area contributed by atoms with E-state index >= 15 is 0 Å². The summed E-state index contributed by atoms with van der Waals surface area (Å²) in [6.45, 7) is 3.23. The molecule has 0 amide bonds. The third kappa shape index (κ3) is 3.19. The van der Waals surface area contributed by atoms with E-state index in [4.69, 9.17) is 25.8 Å². The molecule has 0 bridgehead atoms. The lowest BCUT2D eigenvalue weighted by Crippen LogP contribution is -2.16. The SMILES string of the molecule is Cc1cc(C)c(C(=O)OCC(=O)c2ccc3c(c2)OCO3)c(Cl)n1. The Labute approximate surface area is 143 Å². The number of ether oxygens (including phenoxy) is 3. The van der Waals surface area contributed by atoms with E-state index in [9.17, 15) is 9.59 Å². The Morgan fingerprint density at radius 2 is 1.96 bits per heavy atom. The van der Waals surface area contributed by atoms with Gasteiger partial charge in [0.1, 0.15) is 5.15 Å². The molecule has 124 valence electrons. The highest BCUT2D eigenvalue weighted by Gasteiger charge is 2.20. The number of Topliss-reactive ketones (excluding diaryl/α,β-unsaturated/α-hetero) is 1. The first kappa shape index (κ1) is 16.3. The lowest BCUT2D eigenvalue weighted by atomic mass is 10.1. The Balaban J connectivity index is 1.69. The highest BCUT2D eigenvalue weighted by atomic mass is 35.5. The fourth-order valence-electron chi connectivity index (χ4n) is 2.39. The summed E-state index contributed by atoms with van der Waals surface area (Å²) in [6, 6.07) is 6.52. The van der Waals surface area contributed by atoms with Gasteiger partial charge in [-0.25, -0.2) is 9.78 Å². The smallest absolute Gasteiger partial charge is 0.342 e. The fraction of sp³-hybridized carbons (Fsp3) is 0.235. The number of esters is 1. The first-order chi connectivity index (χ1) is 11.5. The van der Waals surface area contributed by atoms with Crippen molar-refractivity contribution in [2.24, 2.45) is 0 Å². The van der Waals surface area contributed by atoms with Crippen molar-refractivity contribution < 1.29 is 23.8 Å². The number of benzene rings is 1. The molecular weight excluding hydrogens is 334 g/mol. The Bertz CT molecular complexity index is 811. The number of carbonyl (C=O) groups is 2. The van der Waals surface area contributed by atoms with E-state index in [0.29, 0.717) is 28.3 Å². The average molecular weight is 348 g/mol. The Kier molecular flexibility index (Phi) is 4.40. The third-order valence-electron chi connectivity index (χ3n) is 3.53. The molecular formula is C17H14ClNO5. The maximum absolute atomic E-state index is 12.2. The summed E-state index contributed by atoms with van der Waals surface area (Å²) in [7, 11) is 0. The van der Waals surface area contributed by atoms with Crippen molar-refractivity contribution in [1.82, 2.24) is 4.98 Å². The van der Waals surface area contributed by atoms with Crippen LogP contribution in [0.15, 0.2) is 24.3 Å². The molecule has 6 nitrogen and oxygen atoms in total. The maximum Gasteiger partial charge on any atom is 0.342 e. The van der Waals surface area contributed by atoms with Crippen LogP contribution in [-0.4, -0.2) is 30.1 Å². The maximum atomic E-state index is 12.2. The van der Waals surface area contributed by atoms with Gasteiger partial charge in [0.2, 0.25) is 6.79 Å². The Morgan fingerprint density at radius 3 is 2.71 bits per heavy atom. The van der Waals surface area contributed by atoms with Gasteiger partial charge in [-0.05, 0) is 43.7 Å². The summed E-state index contributed by atoms with van der Waals surface area (Å²) in [5, 5.41) is 0.0630. The normalized spacial score (nSPS) is 12.1. The van der Waals surface area contributed by atoms with Gasteiger partial charge in [0, 0.05) is 11.3 Å². The van der Waals surface area contributed by atoms with E-state index in [0.717, 1.165) is 0 Å². The van der Waals surface area contributed by atoms with Gasteiger partial charge in [0.15, 0.2) is 23.9 Å². The topological polar surface area (TPSA) is 74.7 Å². The summed E-state index contributed by atoms with van der Waals surface area (Å²) < 4.78 is 15.5. The second-order valence-corrected chi connectivity index (χ2v) is 5.67. The lowest BCUT2D eigenvalue weighted by molar-refractivity contribution is 0.0473. The number of aryl methyl sites for hydroxylation is 2. The number of aromatic nitrogens is 1. The van der Waals surface area contributed by atoms with E-state index in [-0.39, 0.29) is 23.3 Å². The third-order valence-corrected chi connectivity index (χ3v) is 3.81. The highest BCUT2D eigenvalue weighted by molar-refractivity contribution is 6.32. The molecule has 2 aromatic rings. The van der Waals surface area contributed by atoms with Gasteiger partial charge in [-0.3, -0.25) is 4.79 Å². The van der Waals surface area contributed by atoms with Gasteiger partial charge in [-0.1, -0.05) is 11.6 Å². The molecule has 0 atom stereocenters. The van der Waals surface area contributed by atoms with Gasteiger partial charge in [-0.2, -0.15) is 0 Å². The molecule has 3 rings (SSSR count). The summed E-state index contributed by atoms with van der Waals surface area (Å²) in [5.41, 5.74) is 1.89. The van der Waals surface area contributed by atoms with Crippen molar-refractivity contribution in [1.29, 1.82) is 0 Å². The van der Waals surface area contributed by atoms with E-state index in [1.807, 2.05) is 0 Å². The second kappa shape index (κ2) is 6.49. The Morgan fingerprint density at radius 1 is 1.21 bits per heavy atom. The van der Waals surface area contributed by atoms with Gasteiger partial charge >= 0.3 is 5.97 Å². The lowest BCUT2D eigenvalue weighted by Gasteiger charge is -2.09. The molecule has 0 spiro atoms. The number of carbonyl (C=O) groups excluding carboxylic acids is 2. The monoisotopic (exact) mass is 347 g/mol. The molecule has 1 aliphatic heterocycles. The molecule has 0 fully saturated rings. The molecule has 24 heavy (non-hydrogen) atoms. The molecule has 1 aromatic carbocycles. The van der Waals surface area contributed by atoms with Crippen LogP contribution in [0.25, 0.3) is 0 Å². The van der Waals surface area contributed by atoms with Gasteiger partial charge in [-0.15, -0.1) is 0 Å². The van der Waals surface area contributed by atoms with Crippen LogP contribution in [0.3, 0.4) is 0 Å². The molecule has 0 saturated heterocycles. The molecule has 0 saturated carbocycles. The largest absolute Gasteiger partial charge is 0.454 e. The van der Waals surface area contributed by atoms with Crippen LogP contribution in [0, 0.1) is 13.8 Å². The minimum Gasteiger partial charge on any atom is -0.454 e. The standard InChI is InChI=1S/C17H14ClNO5/c1-9-5-10(2)19-16(18)15(9)17(21)22-7-12(20)11-3-4-13-14(6-11)24-8-23-13/h3-6H,7-8H2,1-2H3. The summed E-state index contributed by atoms with van der Waals surface area (Å²) in [4.78, 5) is 28.4. The molecule has 2 heterocycles. The van der Waals surface area contributed by atoms with Crippen molar-refractivity contribution in [3.63, 3.8) is 0 Å². The molecule has 0 N–H and O–H groups in total. The average Bonchev–Trinajstić information content (AvgIpc) is 2.99. The number of ketones is 1. The summed E-state index contributed by atoms with van der Waals surface area (Å²) in [6.07, 6.45) is 0. The van der Waals surface area contributed by atoms with Crippen LogP contribution in [-0.2, 0) is 4.74 Å². The Hall–Kier alpha value is -2.60. The zero-order chi connectivity index (χ0) is 17.3. The predicted octanol–water partition coefficient (Wildman–Crippen LogP) is 3.12. The van der Waals surface area contributed by atoms with Gasteiger partial charge in [0.05, 0.1) is 5.56 Å². The van der Waals surface area contributed by atoms with Crippen molar-refractivity contribution in [2.45, 2.75) is 13.8 Å². The van der Waals surface area contributed by atoms with Crippen LogP contribution in [0.1, 0.15) is 32.0 Å². The number of hydrogen-bond acceptors (Lipinski definition) is 6. The van der Waals surface area contributed by atoms with Gasteiger partial charge < -0.3 is 14.2 Å². The summed E-state index contributed by atoms with van der Waals surface area (Å²) >= 11 is 6.00. The zero-order valence-corrected chi connectivity index (χ0v) is 13.8. The quantitative estimate of drug-likeness (QED) is 0.480. The fourth-order valence-corrected chi connectivity index (χ4v) is 2.75. The molecule has 7 heteroatoms.